The number of aromatic nitrogens is 2. The zero-order valence-corrected chi connectivity index (χ0v) is 23.3. The van der Waals surface area contributed by atoms with Crippen molar-refractivity contribution in [3.63, 3.8) is 0 Å². The summed E-state index contributed by atoms with van der Waals surface area (Å²) in [6.07, 6.45) is 3.15. The van der Waals surface area contributed by atoms with E-state index in [-0.39, 0.29) is 12.2 Å². The van der Waals surface area contributed by atoms with Crippen LogP contribution in [0.2, 0.25) is 0 Å². The molecular formula is C38H32N2O2. The van der Waals surface area contributed by atoms with Crippen LogP contribution >= 0.6 is 0 Å². The Morgan fingerprint density at radius 1 is 0.667 bits per heavy atom. The molecule has 0 bridgehead atoms. The van der Waals surface area contributed by atoms with Crippen LogP contribution in [0.1, 0.15) is 56.5 Å². The van der Waals surface area contributed by atoms with Crippen molar-refractivity contribution in [1.82, 2.24) is 9.55 Å². The Morgan fingerprint density at radius 2 is 1.17 bits per heavy atom. The van der Waals surface area contributed by atoms with Gasteiger partial charge in [-0.15, -0.1) is 0 Å². The minimum absolute atomic E-state index is 0.0831. The molecule has 206 valence electrons. The van der Waals surface area contributed by atoms with Crippen LogP contribution in [0, 0.1) is 0 Å². The minimum Gasteiger partial charge on any atom is -0.385 e. The quantitative estimate of drug-likeness (QED) is 0.142. The number of nitrogens with zero attached hydrogens (tertiary/aromatic N) is 2. The number of carbonyl (C=O) groups excluding carboxylic acids is 1. The molecule has 4 heteroatoms. The van der Waals surface area contributed by atoms with Gasteiger partial charge in [-0.2, -0.15) is 0 Å². The lowest BCUT2D eigenvalue weighted by atomic mass is 9.76. The molecule has 0 aliphatic carbocycles. The van der Waals surface area contributed by atoms with Gasteiger partial charge in [-0.3, -0.25) is 4.79 Å². The molecule has 0 saturated carbocycles. The summed E-state index contributed by atoms with van der Waals surface area (Å²) in [5, 5.41) is 11.6. The smallest absolute Gasteiger partial charge is 0.165 e. The largest absolute Gasteiger partial charge is 0.385 e. The fourth-order valence-corrected chi connectivity index (χ4v) is 5.87. The van der Waals surface area contributed by atoms with E-state index < -0.39 is 11.6 Å². The highest BCUT2D eigenvalue weighted by atomic mass is 16.3. The van der Waals surface area contributed by atoms with Gasteiger partial charge in [0.05, 0.1) is 0 Å². The van der Waals surface area contributed by atoms with E-state index in [1.165, 1.54) is 5.56 Å². The van der Waals surface area contributed by atoms with E-state index in [0.717, 1.165) is 28.7 Å². The van der Waals surface area contributed by atoms with Gasteiger partial charge in [0.2, 0.25) is 0 Å². The molecule has 5 aromatic carbocycles. The van der Waals surface area contributed by atoms with Crippen LogP contribution in [0.4, 0.5) is 0 Å². The Balaban J connectivity index is 1.39. The molecule has 6 rings (SSSR count). The number of benzene rings is 5. The van der Waals surface area contributed by atoms with Crippen molar-refractivity contribution in [2.24, 2.45) is 0 Å². The molecule has 1 aromatic heterocycles. The lowest BCUT2D eigenvalue weighted by Gasteiger charge is -2.39. The number of hydrogen-bond acceptors (Lipinski definition) is 3. The number of ketones is 1. The van der Waals surface area contributed by atoms with Gasteiger partial charge in [-0.05, 0) is 40.3 Å². The van der Waals surface area contributed by atoms with Gasteiger partial charge >= 0.3 is 0 Å². The second-order valence-electron chi connectivity index (χ2n) is 10.5. The van der Waals surface area contributed by atoms with E-state index >= 15 is 0 Å². The van der Waals surface area contributed by atoms with Crippen LogP contribution in [0.5, 0.6) is 0 Å². The average Bonchev–Trinajstić information content (AvgIpc) is 3.54. The van der Waals surface area contributed by atoms with E-state index in [1.54, 1.807) is 6.20 Å². The van der Waals surface area contributed by atoms with Gasteiger partial charge in [-0.25, -0.2) is 4.98 Å². The van der Waals surface area contributed by atoms with Crippen LogP contribution in [0.15, 0.2) is 158 Å². The van der Waals surface area contributed by atoms with Crippen molar-refractivity contribution in [3.05, 3.63) is 197 Å². The molecule has 0 spiro atoms. The lowest BCUT2D eigenvalue weighted by molar-refractivity contribution is 0.0858. The minimum atomic E-state index is -1.11. The third-order valence-corrected chi connectivity index (χ3v) is 7.78. The van der Waals surface area contributed by atoms with Gasteiger partial charge < -0.3 is 9.67 Å². The van der Waals surface area contributed by atoms with Gasteiger partial charge in [0, 0.05) is 24.4 Å². The highest BCUT2D eigenvalue weighted by Crippen LogP contribution is 2.42. The summed E-state index contributed by atoms with van der Waals surface area (Å²) in [5.74, 6) is 0.303. The number of aliphatic hydroxyl groups is 1. The standard InChI is InChI=1S/C38H32N2O2/c41-35(31-17-13-16-30(27-31)26-29-14-5-1-6-15-29)28-36(42)37-39-24-25-40(37)38(32-18-7-2-8-19-32,33-20-9-3-10-21-33)34-22-11-4-12-23-34/h1-25,27,36,42H,26,28H2. The van der Waals surface area contributed by atoms with E-state index in [4.69, 9.17) is 0 Å². The van der Waals surface area contributed by atoms with Gasteiger partial charge in [-0.1, -0.05) is 140 Å². The lowest BCUT2D eigenvalue weighted by Crippen LogP contribution is -2.39. The first kappa shape index (κ1) is 27.1. The first-order valence-corrected chi connectivity index (χ1v) is 14.2. The Morgan fingerprint density at radius 3 is 1.71 bits per heavy atom. The zero-order valence-electron chi connectivity index (χ0n) is 23.3. The van der Waals surface area contributed by atoms with Crippen LogP contribution in [-0.2, 0) is 12.0 Å². The van der Waals surface area contributed by atoms with Crippen LogP contribution in [0.25, 0.3) is 0 Å². The Bertz CT molecular complexity index is 1650. The predicted octanol–water partition coefficient (Wildman–Crippen LogP) is 7.62. The molecule has 0 aliphatic rings. The Hall–Kier alpha value is -5.06. The first-order valence-electron chi connectivity index (χ1n) is 14.2. The fraction of sp³-hybridized carbons (Fsp3) is 0.105. The number of imidazole rings is 1. The summed E-state index contributed by atoms with van der Waals surface area (Å²) < 4.78 is 2.02. The third kappa shape index (κ3) is 5.32. The molecule has 0 fully saturated rings. The van der Waals surface area contributed by atoms with Crippen LogP contribution in [-0.4, -0.2) is 20.4 Å². The van der Waals surface area contributed by atoms with Gasteiger partial charge in [0.25, 0.3) is 0 Å². The number of rotatable bonds is 10. The van der Waals surface area contributed by atoms with Crippen molar-refractivity contribution in [2.45, 2.75) is 24.5 Å². The van der Waals surface area contributed by atoms with Crippen molar-refractivity contribution in [1.29, 1.82) is 0 Å². The molecule has 42 heavy (non-hydrogen) atoms. The normalized spacial score (nSPS) is 12.1. The van der Waals surface area contributed by atoms with Crippen molar-refractivity contribution in [2.75, 3.05) is 0 Å². The molecule has 0 amide bonds. The predicted molar refractivity (Wildman–Crippen MR) is 166 cm³/mol. The maximum Gasteiger partial charge on any atom is 0.165 e. The van der Waals surface area contributed by atoms with Crippen molar-refractivity contribution in [3.8, 4) is 0 Å². The second-order valence-corrected chi connectivity index (χ2v) is 10.5. The maximum absolute atomic E-state index is 13.5. The molecule has 1 atom stereocenters. The number of aliphatic hydroxyl groups excluding tert-OH is 1. The molecule has 4 nitrogen and oxygen atoms in total. The average molecular weight is 549 g/mol. The summed E-state index contributed by atoms with van der Waals surface area (Å²) >= 11 is 0. The summed E-state index contributed by atoms with van der Waals surface area (Å²) in [6, 6.07) is 48.6. The molecule has 1 heterocycles. The first-order chi connectivity index (χ1) is 20.7. The maximum atomic E-state index is 13.5. The van der Waals surface area contributed by atoms with E-state index in [1.807, 2.05) is 108 Å². The molecule has 6 aromatic rings. The van der Waals surface area contributed by atoms with Crippen molar-refractivity contribution < 1.29 is 9.90 Å². The van der Waals surface area contributed by atoms with Gasteiger partial charge in [0.15, 0.2) is 5.78 Å². The summed E-state index contributed by atoms with van der Waals surface area (Å²) in [7, 11) is 0. The Labute approximate surface area is 246 Å². The monoisotopic (exact) mass is 548 g/mol. The Kier molecular flexibility index (Phi) is 7.89. The topological polar surface area (TPSA) is 55.1 Å². The SMILES string of the molecule is O=C(CC(O)c1nccn1C(c1ccccc1)(c1ccccc1)c1ccccc1)c1cccc(Cc2ccccc2)c1. The summed E-state index contributed by atoms with van der Waals surface area (Å²) in [6.45, 7) is 0. The number of hydrogen-bond donors (Lipinski definition) is 1. The second kappa shape index (κ2) is 12.2. The summed E-state index contributed by atoms with van der Waals surface area (Å²) in [4.78, 5) is 18.2. The molecule has 1 unspecified atom stereocenters. The number of carbonyl (C=O) groups is 1. The highest BCUT2D eigenvalue weighted by Gasteiger charge is 2.40. The molecule has 0 aliphatic heterocycles. The third-order valence-electron chi connectivity index (χ3n) is 7.78. The number of Topliss-reactive ketones (excluding diaryl/α,β-unsaturated/α-hetero) is 1. The highest BCUT2D eigenvalue weighted by molar-refractivity contribution is 5.96. The summed E-state index contributed by atoms with van der Waals surface area (Å²) in [5.41, 5.74) is 5.06. The zero-order chi connectivity index (χ0) is 28.8. The van der Waals surface area contributed by atoms with E-state index in [2.05, 4.69) is 53.5 Å². The van der Waals surface area contributed by atoms with Gasteiger partial charge in [0.1, 0.15) is 17.5 Å². The fourth-order valence-electron chi connectivity index (χ4n) is 5.87. The molecule has 1 N–H and O–H groups in total. The van der Waals surface area contributed by atoms with E-state index in [0.29, 0.717) is 11.4 Å². The molecule has 0 saturated heterocycles. The molecule has 0 radical (unpaired) electrons. The van der Waals surface area contributed by atoms with Crippen LogP contribution < -0.4 is 0 Å². The van der Waals surface area contributed by atoms with Crippen molar-refractivity contribution >= 4 is 5.78 Å². The molecular weight excluding hydrogens is 516 g/mol. The van der Waals surface area contributed by atoms with Crippen LogP contribution in [0.3, 0.4) is 0 Å². The van der Waals surface area contributed by atoms with E-state index in [9.17, 15) is 9.90 Å².